The van der Waals surface area contributed by atoms with Crippen molar-refractivity contribution < 1.29 is 13.9 Å². The van der Waals surface area contributed by atoms with Gasteiger partial charge in [-0.3, -0.25) is 0 Å². The van der Waals surface area contributed by atoms with Gasteiger partial charge in [0, 0.05) is 0 Å². The number of hydrogen-bond donors (Lipinski definition) is 1. The van der Waals surface area contributed by atoms with Gasteiger partial charge in [0.2, 0.25) is 0 Å². The molecule has 3 nitrogen and oxygen atoms in total. The van der Waals surface area contributed by atoms with Gasteiger partial charge in [0.1, 0.15) is 28.9 Å². The molecule has 2 rings (SSSR count). The quantitative estimate of drug-likeness (QED) is 0.860. The summed E-state index contributed by atoms with van der Waals surface area (Å²) in [5.74, 6) is 0.626. The van der Waals surface area contributed by atoms with Gasteiger partial charge in [0.25, 0.3) is 0 Å². The zero-order valence-electron chi connectivity index (χ0n) is 10.9. The molecule has 0 radical (unpaired) electrons. The van der Waals surface area contributed by atoms with E-state index >= 15 is 0 Å². The summed E-state index contributed by atoms with van der Waals surface area (Å²) in [5, 5.41) is 0. The van der Waals surface area contributed by atoms with Gasteiger partial charge < -0.3 is 15.2 Å². The van der Waals surface area contributed by atoms with Crippen molar-refractivity contribution in [2.45, 2.75) is 6.61 Å². The standard InChI is InChI=1S/C15H14FNO2S/c1-18-11-7-5-10(6-8-11)9-19-13-4-2-3-12(16)14(13)15(17)20/h2-8H,9H2,1H3,(H2,17,20). The number of ether oxygens (including phenoxy) is 2. The van der Waals surface area contributed by atoms with Gasteiger partial charge in [0.05, 0.1) is 12.7 Å². The predicted octanol–water partition coefficient (Wildman–Crippen LogP) is 3.05. The Morgan fingerprint density at radius 1 is 1.20 bits per heavy atom. The minimum Gasteiger partial charge on any atom is -0.497 e. The molecule has 2 aromatic rings. The van der Waals surface area contributed by atoms with Crippen LogP contribution in [0.15, 0.2) is 42.5 Å². The van der Waals surface area contributed by atoms with Gasteiger partial charge in [-0.15, -0.1) is 0 Å². The Morgan fingerprint density at radius 2 is 1.90 bits per heavy atom. The number of hydrogen-bond acceptors (Lipinski definition) is 3. The molecule has 0 bridgehead atoms. The summed E-state index contributed by atoms with van der Waals surface area (Å²) >= 11 is 4.84. The van der Waals surface area contributed by atoms with Crippen LogP contribution in [-0.4, -0.2) is 12.1 Å². The van der Waals surface area contributed by atoms with Crippen molar-refractivity contribution in [2.24, 2.45) is 5.73 Å². The highest BCUT2D eigenvalue weighted by Crippen LogP contribution is 2.23. The van der Waals surface area contributed by atoms with E-state index in [-0.39, 0.29) is 10.6 Å². The molecule has 0 amide bonds. The van der Waals surface area contributed by atoms with E-state index in [4.69, 9.17) is 27.4 Å². The molecule has 20 heavy (non-hydrogen) atoms. The van der Waals surface area contributed by atoms with Gasteiger partial charge in [-0.1, -0.05) is 30.4 Å². The third-order valence-electron chi connectivity index (χ3n) is 2.78. The lowest BCUT2D eigenvalue weighted by molar-refractivity contribution is 0.303. The average Bonchev–Trinajstić information content (AvgIpc) is 2.45. The minimum atomic E-state index is -0.482. The Balaban J connectivity index is 2.14. The molecular weight excluding hydrogens is 277 g/mol. The van der Waals surface area contributed by atoms with Crippen LogP contribution in [-0.2, 0) is 6.61 Å². The van der Waals surface area contributed by atoms with Gasteiger partial charge in [-0.25, -0.2) is 4.39 Å². The van der Waals surface area contributed by atoms with E-state index in [9.17, 15) is 4.39 Å². The van der Waals surface area contributed by atoms with Crippen LogP contribution >= 0.6 is 12.2 Å². The van der Waals surface area contributed by atoms with E-state index in [2.05, 4.69) is 0 Å². The SMILES string of the molecule is COc1ccc(COc2cccc(F)c2C(N)=S)cc1. The topological polar surface area (TPSA) is 44.5 Å². The molecular formula is C15H14FNO2S. The Hall–Kier alpha value is -2.14. The molecule has 0 aromatic heterocycles. The van der Waals surface area contributed by atoms with E-state index in [0.717, 1.165) is 11.3 Å². The summed E-state index contributed by atoms with van der Waals surface area (Å²) in [7, 11) is 1.60. The fraction of sp³-hybridized carbons (Fsp3) is 0.133. The lowest BCUT2D eigenvalue weighted by Crippen LogP contribution is -2.14. The molecule has 0 aliphatic heterocycles. The monoisotopic (exact) mass is 291 g/mol. The first-order valence-electron chi connectivity index (χ1n) is 5.96. The second kappa shape index (κ2) is 6.34. The molecule has 0 heterocycles. The molecule has 0 aliphatic carbocycles. The van der Waals surface area contributed by atoms with Crippen LogP contribution in [0, 0.1) is 5.82 Å². The fourth-order valence-corrected chi connectivity index (χ4v) is 1.94. The van der Waals surface area contributed by atoms with Crippen LogP contribution in [0.25, 0.3) is 0 Å². The molecule has 0 saturated heterocycles. The van der Waals surface area contributed by atoms with Crippen LogP contribution in [0.3, 0.4) is 0 Å². The maximum atomic E-state index is 13.7. The average molecular weight is 291 g/mol. The van der Waals surface area contributed by atoms with Crippen molar-refractivity contribution in [3.05, 3.63) is 59.4 Å². The summed E-state index contributed by atoms with van der Waals surface area (Å²) in [5.41, 5.74) is 6.59. The number of methoxy groups -OCH3 is 1. The molecule has 0 saturated carbocycles. The lowest BCUT2D eigenvalue weighted by atomic mass is 10.2. The second-order valence-corrected chi connectivity index (χ2v) is 4.55. The van der Waals surface area contributed by atoms with E-state index in [1.807, 2.05) is 24.3 Å². The van der Waals surface area contributed by atoms with Crippen molar-refractivity contribution in [3.8, 4) is 11.5 Å². The summed E-state index contributed by atoms with van der Waals surface area (Å²) in [4.78, 5) is -0.0205. The van der Waals surface area contributed by atoms with Crippen molar-refractivity contribution in [3.63, 3.8) is 0 Å². The third-order valence-corrected chi connectivity index (χ3v) is 2.98. The normalized spacial score (nSPS) is 10.1. The zero-order chi connectivity index (χ0) is 14.5. The predicted molar refractivity (Wildman–Crippen MR) is 79.6 cm³/mol. The maximum Gasteiger partial charge on any atom is 0.137 e. The summed E-state index contributed by atoms with van der Waals surface area (Å²) in [6.07, 6.45) is 0. The summed E-state index contributed by atoms with van der Waals surface area (Å²) < 4.78 is 24.3. The zero-order valence-corrected chi connectivity index (χ0v) is 11.7. The van der Waals surface area contributed by atoms with E-state index in [1.54, 1.807) is 19.2 Å². The van der Waals surface area contributed by atoms with Crippen molar-refractivity contribution >= 4 is 17.2 Å². The largest absolute Gasteiger partial charge is 0.497 e. The highest BCUT2D eigenvalue weighted by molar-refractivity contribution is 7.80. The van der Waals surface area contributed by atoms with E-state index in [1.165, 1.54) is 6.07 Å². The molecule has 104 valence electrons. The Kier molecular flexibility index (Phi) is 4.53. The van der Waals surface area contributed by atoms with Gasteiger partial charge in [-0.05, 0) is 29.8 Å². The van der Waals surface area contributed by atoms with Gasteiger partial charge in [-0.2, -0.15) is 0 Å². The van der Waals surface area contributed by atoms with E-state index < -0.39 is 5.82 Å². The van der Waals surface area contributed by atoms with Crippen LogP contribution in [0.2, 0.25) is 0 Å². The summed E-state index contributed by atoms with van der Waals surface area (Å²) in [6.45, 7) is 0.295. The highest BCUT2D eigenvalue weighted by Gasteiger charge is 2.12. The molecule has 5 heteroatoms. The van der Waals surface area contributed by atoms with Crippen molar-refractivity contribution in [1.29, 1.82) is 0 Å². The number of thiocarbonyl (C=S) groups is 1. The first-order valence-corrected chi connectivity index (χ1v) is 6.36. The maximum absolute atomic E-state index is 13.7. The molecule has 2 N–H and O–H groups in total. The number of nitrogens with two attached hydrogens (primary N) is 1. The molecule has 0 aliphatic rings. The van der Waals surface area contributed by atoms with Crippen LogP contribution in [0.4, 0.5) is 4.39 Å². The Labute approximate surface area is 122 Å². The van der Waals surface area contributed by atoms with Gasteiger partial charge in [0.15, 0.2) is 0 Å². The number of benzene rings is 2. The molecule has 0 fully saturated rings. The first kappa shape index (κ1) is 14.3. The van der Waals surface area contributed by atoms with Crippen LogP contribution < -0.4 is 15.2 Å². The van der Waals surface area contributed by atoms with Gasteiger partial charge >= 0.3 is 0 Å². The Morgan fingerprint density at radius 3 is 2.50 bits per heavy atom. The number of halogens is 1. The fourth-order valence-electron chi connectivity index (χ4n) is 1.75. The molecule has 0 spiro atoms. The lowest BCUT2D eigenvalue weighted by Gasteiger charge is -2.11. The van der Waals surface area contributed by atoms with Crippen LogP contribution in [0.1, 0.15) is 11.1 Å². The molecule has 0 atom stereocenters. The Bertz CT molecular complexity index is 614. The van der Waals surface area contributed by atoms with Crippen molar-refractivity contribution in [1.82, 2.24) is 0 Å². The molecule has 0 unspecified atom stereocenters. The highest BCUT2D eigenvalue weighted by atomic mass is 32.1. The number of rotatable bonds is 5. The van der Waals surface area contributed by atoms with Crippen molar-refractivity contribution in [2.75, 3.05) is 7.11 Å². The minimum absolute atomic E-state index is 0.0205. The summed E-state index contributed by atoms with van der Waals surface area (Å²) in [6, 6.07) is 11.9. The van der Waals surface area contributed by atoms with E-state index in [0.29, 0.717) is 12.4 Å². The second-order valence-electron chi connectivity index (χ2n) is 4.11. The third kappa shape index (κ3) is 3.24. The van der Waals surface area contributed by atoms with Crippen LogP contribution in [0.5, 0.6) is 11.5 Å². The first-order chi connectivity index (χ1) is 9.61. The molecule has 2 aromatic carbocycles. The smallest absolute Gasteiger partial charge is 0.137 e.